The Bertz CT molecular complexity index is 250. The first-order chi connectivity index (χ1) is 5.70. The summed E-state index contributed by atoms with van der Waals surface area (Å²) in [6.07, 6.45) is 0. The molecule has 0 saturated carbocycles. The third-order valence-electron chi connectivity index (χ3n) is 1.08. The molecule has 0 fully saturated rings. The van der Waals surface area contributed by atoms with Gasteiger partial charge >= 0.3 is 0 Å². The van der Waals surface area contributed by atoms with E-state index in [-0.39, 0.29) is 12.5 Å². The van der Waals surface area contributed by atoms with Gasteiger partial charge < -0.3 is 5.32 Å². The van der Waals surface area contributed by atoms with Crippen LogP contribution in [-0.4, -0.2) is 22.3 Å². The number of thiazole rings is 1. The van der Waals surface area contributed by atoms with E-state index in [1.54, 1.807) is 10.9 Å². The average molecular weight is 225 g/mol. The third-order valence-corrected chi connectivity index (χ3v) is 1.98. The maximum Gasteiger partial charge on any atom is 0.270 e. The van der Waals surface area contributed by atoms with Gasteiger partial charge in [-0.2, -0.15) is 0 Å². The molecule has 1 N–H and O–H groups in total. The fourth-order valence-corrected chi connectivity index (χ4v) is 1.27. The zero-order valence-electron chi connectivity index (χ0n) is 5.96. The van der Waals surface area contributed by atoms with Gasteiger partial charge in [-0.25, -0.2) is 4.98 Å². The van der Waals surface area contributed by atoms with Gasteiger partial charge in [0.05, 0.1) is 5.51 Å². The van der Waals surface area contributed by atoms with Crippen LogP contribution in [0.1, 0.15) is 10.5 Å². The van der Waals surface area contributed by atoms with Crippen LogP contribution in [0.25, 0.3) is 0 Å². The Balaban J connectivity index is 2.40. The molecule has 3 nitrogen and oxygen atoms in total. The number of nitrogens with zero attached hydrogens (tertiary/aromatic N) is 1. The number of hydrogen-bond acceptors (Lipinski definition) is 3. The molecular weight excluding hydrogens is 219 g/mol. The molecule has 0 unspecified atom stereocenters. The van der Waals surface area contributed by atoms with Crippen LogP contribution in [0.3, 0.4) is 0 Å². The van der Waals surface area contributed by atoms with Crippen molar-refractivity contribution in [2.24, 2.45) is 0 Å². The second kappa shape index (κ2) is 4.64. The summed E-state index contributed by atoms with van der Waals surface area (Å²) in [5.41, 5.74) is 1.99. The minimum Gasteiger partial charge on any atom is -0.348 e. The van der Waals surface area contributed by atoms with Crippen molar-refractivity contribution in [1.82, 2.24) is 10.3 Å². The first kappa shape index (κ1) is 9.77. The van der Waals surface area contributed by atoms with Crippen molar-refractivity contribution in [3.63, 3.8) is 0 Å². The summed E-state index contributed by atoms with van der Waals surface area (Å²) in [6, 6.07) is 0. The van der Waals surface area contributed by atoms with Crippen LogP contribution >= 0.6 is 34.5 Å². The van der Waals surface area contributed by atoms with E-state index in [2.05, 4.69) is 10.3 Å². The molecule has 0 radical (unpaired) electrons. The molecule has 12 heavy (non-hydrogen) atoms. The third kappa shape index (κ3) is 2.97. The highest BCUT2D eigenvalue weighted by molar-refractivity contribution is 7.07. The lowest BCUT2D eigenvalue weighted by atomic mass is 10.4. The van der Waals surface area contributed by atoms with Gasteiger partial charge in [0.1, 0.15) is 10.5 Å². The summed E-state index contributed by atoms with van der Waals surface area (Å²) in [4.78, 5) is 14.4. The molecule has 0 atom stereocenters. The van der Waals surface area contributed by atoms with Gasteiger partial charge in [0.15, 0.2) is 0 Å². The van der Waals surface area contributed by atoms with E-state index < -0.39 is 4.84 Å². The number of nitrogens with one attached hydrogen (secondary N) is 1. The Hall–Kier alpha value is -0.320. The van der Waals surface area contributed by atoms with Crippen molar-refractivity contribution in [3.05, 3.63) is 16.6 Å². The quantitative estimate of drug-likeness (QED) is 0.795. The number of carbonyl (C=O) groups excluding carboxylic acids is 1. The summed E-state index contributed by atoms with van der Waals surface area (Å²) >= 11 is 12.2. The van der Waals surface area contributed by atoms with Gasteiger partial charge in [0.2, 0.25) is 0 Å². The minimum atomic E-state index is -0.576. The maximum absolute atomic E-state index is 11.1. The van der Waals surface area contributed by atoms with Crippen LogP contribution in [0.5, 0.6) is 0 Å². The predicted octanol–water partition coefficient (Wildman–Crippen LogP) is 1.68. The molecule has 0 bridgehead atoms. The number of halogens is 2. The molecule has 0 aliphatic carbocycles. The largest absolute Gasteiger partial charge is 0.348 e. The summed E-state index contributed by atoms with van der Waals surface area (Å²) in [5.74, 6) is -0.248. The summed E-state index contributed by atoms with van der Waals surface area (Å²) in [5, 5.41) is 4.19. The highest BCUT2D eigenvalue weighted by atomic mass is 35.5. The van der Waals surface area contributed by atoms with Gasteiger partial charge in [0.25, 0.3) is 5.91 Å². The number of rotatable bonds is 3. The molecule has 1 aromatic rings. The Morgan fingerprint density at radius 3 is 3.00 bits per heavy atom. The lowest BCUT2D eigenvalue weighted by Gasteiger charge is -2.01. The van der Waals surface area contributed by atoms with Crippen molar-refractivity contribution < 1.29 is 4.79 Å². The topological polar surface area (TPSA) is 42.0 Å². The Morgan fingerprint density at radius 2 is 2.50 bits per heavy atom. The molecule has 0 aliphatic rings. The summed E-state index contributed by atoms with van der Waals surface area (Å²) in [6.45, 7) is 0.236. The Kier molecular flexibility index (Phi) is 3.78. The molecule has 0 spiro atoms. The molecule has 1 aromatic heterocycles. The monoisotopic (exact) mass is 224 g/mol. The highest BCUT2D eigenvalue weighted by Crippen LogP contribution is 2.02. The van der Waals surface area contributed by atoms with Crippen LogP contribution in [0.15, 0.2) is 10.9 Å². The zero-order valence-corrected chi connectivity index (χ0v) is 8.29. The van der Waals surface area contributed by atoms with Crippen molar-refractivity contribution in [1.29, 1.82) is 0 Å². The van der Waals surface area contributed by atoms with Crippen LogP contribution in [0, 0.1) is 0 Å². The SMILES string of the molecule is O=C(NCC(Cl)Cl)c1cscn1. The van der Waals surface area contributed by atoms with Crippen LogP contribution in [0.4, 0.5) is 0 Å². The van der Waals surface area contributed by atoms with E-state index in [0.717, 1.165) is 0 Å². The van der Waals surface area contributed by atoms with Gasteiger partial charge in [-0.1, -0.05) is 0 Å². The van der Waals surface area contributed by atoms with Crippen LogP contribution in [0.2, 0.25) is 0 Å². The first-order valence-corrected chi connectivity index (χ1v) is 4.96. The van der Waals surface area contributed by atoms with E-state index in [4.69, 9.17) is 23.2 Å². The van der Waals surface area contributed by atoms with Crippen molar-refractivity contribution in [3.8, 4) is 0 Å². The molecule has 1 heterocycles. The summed E-state index contributed by atoms with van der Waals surface area (Å²) < 4.78 is 0. The second-order valence-electron chi connectivity index (χ2n) is 1.97. The molecule has 66 valence electrons. The normalized spacial score (nSPS) is 10.2. The van der Waals surface area contributed by atoms with E-state index in [9.17, 15) is 4.79 Å². The molecular formula is C6H6Cl2N2OS. The second-order valence-corrected chi connectivity index (χ2v) is 3.97. The van der Waals surface area contributed by atoms with Gasteiger partial charge in [-0.3, -0.25) is 4.79 Å². The number of carbonyl (C=O) groups is 1. The maximum atomic E-state index is 11.1. The van der Waals surface area contributed by atoms with E-state index >= 15 is 0 Å². The van der Waals surface area contributed by atoms with Crippen LogP contribution in [-0.2, 0) is 0 Å². The molecule has 0 saturated heterocycles. The highest BCUT2D eigenvalue weighted by Gasteiger charge is 2.07. The van der Waals surface area contributed by atoms with E-state index in [1.807, 2.05) is 0 Å². The van der Waals surface area contributed by atoms with Crippen molar-refractivity contribution >= 4 is 40.4 Å². The number of alkyl halides is 2. The Morgan fingerprint density at radius 1 is 1.75 bits per heavy atom. The van der Waals surface area contributed by atoms with Crippen LogP contribution < -0.4 is 5.32 Å². The molecule has 0 aliphatic heterocycles. The zero-order chi connectivity index (χ0) is 8.97. The van der Waals surface area contributed by atoms with Crippen molar-refractivity contribution in [2.75, 3.05) is 6.54 Å². The smallest absolute Gasteiger partial charge is 0.270 e. The fourth-order valence-electron chi connectivity index (χ4n) is 0.585. The molecule has 0 aromatic carbocycles. The minimum absolute atomic E-state index is 0.236. The van der Waals surface area contributed by atoms with Gasteiger partial charge in [0, 0.05) is 11.9 Å². The first-order valence-electron chi connectivity index (χ1n) is 3.14. The number of amides is 1. The molecule has 1 amide bonds. The van der Waals surface area contributed by atoms with Gasteiger partial charge in [-0.05, 0) is 0 Å². The summed E-state index contributed by atoms with van der Waals surface area (Å²) in [7, 11) is 0. The van der Waals surface area contributed by atoms with E-state index in [1.165, 1.54) is 11.3 Å². The lowest BCUT2D eigenvalue weighted by molar-refractivity contribution is 0.0951. The van der Waals surface area contributed by atoms with Gasteiger partial charge in [-0.15, -0.1) is 34.5 Å². The number of aromatic nitrogens is 1. The Labute approximate surface area is 83.7 Å². The molecule has 1 rings (SSSR count). The standard InChI is InChI=1S/C6H6Cl2N2OS/c7-5(8)1-9-6(11)4-2-12-3-10-4/h2-3,5H,1H2,(H,9,11). The average Bonchev–Trinajstić information content (AvgIpc) is 2.51. The fraction of sp³-hybridized carbons (Fsp3) is 0.333. The van der Waals surface area contributed by atoms with Crippen molar-refractivity contribution in [2.45, 2.75) is 4.84 Å². The number of hydrogen-bond donors (Lipinski definition) is 1. The predicted molar refractivity (Wildman–Crippen MR) is 49.9 cm³/mol. The molecule has 6 heteroatoms. The lowest BCUT2D eigenvalue weighted by Crippen LogP contribution is -2.27. The van der Waals surface area contributed by atoms with E-state index in [0.29, 0.717) is 5.69 Å².